The van der Waals surface area contributed by atoms with Crippen LogP contribution in [0.5, 0.6) is 11.5 Å². The van der Waals surface area contributed by atoms with E-state index < -0.39 is 0 Å². The highest BCUT2D eigenvalue weighted by Crippen LogP contribution is 2.25. The molecule has 0 saturated heterocycles. The van der Waals surface area contributed by atoms with Crippen molar-refractivity contribution in [1.82, 2.24) is 9.97 Å². The zero-order valence-electron chi connectivity index (χ0n) is 17.2. The van der Waals surface area contributed by atoms with Crippen molar-refractivity contribution < 1.29 is 9.47 Å². The van der Waals surface area contributed by atoms with E-state index in [2.05, 4.69) is 27.4 Å². The Kier molecular flexibility index (Phi) is 8.09. The van der Waals surface area contributed by atoms with Crippen LogP contribution in [0.3, 0.4) is 0 Å². The molecule has 154 valence electrons. The van der Waals surface area contributed by atoms with E-state index in [-0.39, 0.29) is 12.4 Å². The van der Waals surface area contributed by atoms with Crippen molar-refractivity contribution in [3.63, 3.8) is 0 Å². The Hall–Kier alpha value is -2.99. The van der Waals surface area contributed by atoms with Crippen LogP contribution in [0.25, 0.3) is 11.3 Å². The topological polar surface area (TPSA) is 59.5 Å². The summed E-state index contributed by atoms with van der Waals surface area (Å²) >= 11 is 0. The van der Waals surface area contributed by atoms with Crippen LogP contribution in [0, 0.1) is 0 Å². The molecule has 0 unspecified atom stereocenters. The zero-order chi connectivity index (χ0) is 19.9. The monoisotopic (exact) mass is 414 g/mol. The van der Waals surface area contributed by atoms with Gasteiger partial charge in [-0.3, -0.25) is 0 Å². The molecule has 1 aromatic heterocycles. The maximum Gasteiger partial charge on any atom is 0.227 e. The third-order valence-electron chi connectivity index (χ3n) is 4.36. The Morgan fingerprint density at radius 1 is 0.897 bits per heavy atom. The molecular formula is C22H27ClN4O2. The number of methoxy groups -OCH3 is 2. The number of halogens is 1. The number of nitrogens with zero attached hydrogens (tertiary/aromatic N) is 3. The standard InChI is InChI=1S/C22H26N4O2.ClH/c1-26(2)22-24-20(17-6-5-7-19(14-17)28-4)15-21(25-22)23-13-12-16-8-10-18(27-3)11-9-16;/h5-11,14-15H,12-13H2,1-4H3,(H,23,24,25);1H. The van der Waals surface area contributed by atoms with Crippen LogP contribution in [-0.4, -0.2) is 44.8 Å². The minimum absolute atomic E-state index is 0. The second kappa shape index (κ2) is 10.5. The van der Waals surface area contributed by atoms with Gasteiger partial charge in [0.05, 0.1) is 19.9 Å². The van der Waals surface area contributed by atoms with Gasteiger partial charge in [-0.1, -0.05) is 24.3 Å². The third kappa shape index (κ3) is 5.99. The van der Waals surface area contributed by atoms with Gasteiger partial charge in [0, 0.05) is 32.3 Å². The summed E-state index contributed by atoms with van der Waals surface area (Å²) in [5.41, 5.74) is 3.08. The lowest BCUT2D eigenvalue weighted by Gasteiger charge is -2.15. The molecule has 7 heteroatoms. The first kappa shape index (κ1) is 22.3. The molecule has 29 heavy (non-hydrogen) atoms. The number of hydrogen-bond donors (Lipinski definition) is 1. The van der Waals surface area contributed by atoms with Crippen molar-refractivity contribution in [1.29, 1.82) is 0 Å². The molecule has 0 saturated carbocycles. The summed E-state index contributed by atoms with van der Waals surface area (Å²) in [6, 6.07) is 18.0. The van der Waals surface area contributed by atoms with Gasteiger partial charge in [-0.2, -0.15) is 4.98 Å². The molecule has 3 aromatic rings. The highest BCUT2D eigenvalue weighted by Gasteiger charge is 2.09. The van der Waals surface area contributed by atoms with Crippen LogP contribution in [0.2, 0.25) is 0 Å². The van der Waals surface area contributed by atoms with Gasteiger partial charge in [0.25, 0.3) is 0 Å². The Morgan fingerprint density at radius 2 is 1.62 bits per heavy atom. The number of aromatic nitrogens is 2. The van der Waals surface area contributed by atoms with Crippen molar-refractivity contribution in [3.05, 3.63) is 60.2 Å². The summed E-state index contributed by atoms with van der Waals surface area (Å²) in [6.45, 7) is 0.772. The van der Waals surface area contributed by atoms with Gasteiger partial charge < -0.3 is 19.7 Å². The fourth-order valence-electron chi connectivity index (χ4n) is 2.78. The van der Waals surface area contributed by atoms with Crippen molar-refractivity contribution in [2.75, 3.05) is 45.1 Å². The molecule has 1 heterocycles. The predicted molar refractivity (Wildman–Crippen MR) is 121 cm³/mol. The van der Waals surface area contributed by atoms with Crippen LogP contribution in [-0.2, 0) is 6.42 Å². The number of ether oxygens (including phenoxy) is 2. The van der Waals surface area contributed by atoms with Crippen molar-refractivity contribution >= 4 is 24.2 Å². The fourth-order valence-corrected chi connectivity index (χ4v) is 2.78. The molecule has 1 N–H and O–H groups in total. The number of rotatable bonds is 8. The van der Waals surface area contributed by atoms with Gasteiger partial charge in [-0.05, 0) is 36.2 Å². The molecule has 0 spiro atoms. The van der Waals surface area contributed by atoms with E-state index in [0.29, 0.717) is 5.95 Å². The second-order valence-corrected chi connectivity index (χ2v) is 6.59. The van der Waals surface area contributed by atoms with Crippen LogP contribution in [0.15, 0.2) is 54.6 Å². The van der Waals surface area contributed by atoms with Crippen molar-refractivity contribution in [2.24, 2.45) is 0 Å². The lowest BCUT2D eigenvalue weighted by molar-refractivity contribution is 0.414. The Balaban J connectivity index is 0.00000300. The van der Waals surface area contributed by atoms with Gasteiger partial charge in [0.2, 0.25) is 5.95 Å². The van der Waals surface area contributed by atoms with E-state index in [1.807, 2.05) is 61.5 Å². The number of hydrogen-bond acceptors (Lipinski definition) is 6. The summed E-state index contributed by atoms with van der Waals surface area (Å²) in [6.07, 6.45) is 0.889. The van der Waals surface area contributed by atoms with Crippen molar-refractivity contribution in [2.45, 2.75) is 6.42 Å². The summed E-state index contributed by atoms with van der Waals surface area (Å²) < 4.78 is 10.5. The van der Waals surface area contributed by atoms with E-state index in [1.165, 1.54) is 5.56 Å². The maximum atomic E-state index is 5.34. The van der Waals surface area contributed by atoms with Crippen LogP contribution in [0.4, 0.5) is 11.8 Å². The fraction of sp³-hybridized carbons (Fsp3) is 0.273. The number of nitrogens with one attached hydrogen (secondary N) is 1. The third-order valence-corrected chi connectivity index (χ3v) is 4.36. The molecule has 0 aliphatic heterocycles. The lowest BCUT2D eigenvalue weighted by atomic mass is 10.1. The molecule has 2 aromatic carbocycles. The first-order valence-corrected chi connectivity index (χ1v) is 9.16. The molecule has 6 nitrogen and oxygen atoms in total. The second-order valence-electron chi connectivity index (χ2n) is 6.59. The zero-order valence-corrected chi connectivity index (χ0v) is 18.0. The predicted octanol–water partition coefficient (Wildman–Crippen LogP) is 4.30. The highest BCUT2D eigenvalue weighted by molar-refractivity contribution is 5.85. The Labute approximate surface area is 178 Å². The minimum atomic E-state index is 0. The quantitative estimate of drug-likeness (QED) is 0.593. The molecule has 0 amide bonds. The molecular weight excluding hydrogens is 388 g/mol. The van der Waals surface area contributed by atoms with E-state index in [0.717, 1.165) is 41.5 Å². The largest absolute Gasteiger partial charge is 0.497 e. The van der Waals surface area contributed by atoms with E-state index in [1.54, 1.807) is 14.2 Å². The molecule has 0 aliphatic carbocycles. The lowest BCUT2D eigenvalue weighted by Crippen LogP contribution is -2.15. The molecule has 0 fully saturated rings. The summed E-state index contributed by atoms with van der Waals surface area (Å²) in [7, 11) is 7.21. The molecule has 0 radical (unpaired) electrons. The molecule has 0 aliphatic rings. The molecule has 3 rings (SSSR count). The van der Waals surface area contributed by atoms with Gasteiger partial charge in [-0.25, -0.2) is 4.98 Å². The highest BCUT2D eigenvalue weighted by atomic mass is 35.5. The van der Waals surface area contributed by atoms with Gasteiger partial charge in [0.15, 0.2) is 0 Å². The first-order chi connectivity index (χ1) is 13.6. The summed E-state index contributed by atoms with van der Waals surface area (Å²) in [5, 5.41) is 3.42. The Bertz CT molecular complexity index is 917. The van der Waals surface area contributed by atoms with Crippen LogP contribution < -0.4 is 19.7 Å². The molecule has 0 bridgehead atoms. The van der Waals surface area contributed by atoms with Crippen molar-refractivity contribution in [3.8, 4) is 22.8 Å². The van der Waals surface area contributed by atoms with Gasteiger partial charge in [-0.15, -0.1) is 12.4 Å². The normalized spacial score (nSPS) is 10.1. The van der Waals surface area contributed by atoms with E-state index in [4.69, 9.17) is 9.47 Å². The van der Waals surface area contributed by atoms with E-state index >= 15 is 0 Å². The summed E-state index contributed by atoms with van der Waals surface area (Å²) in [5.74, 6) is 3.12. The smallest absolute Gasteiger partial charge is 0.227 e. The summed E-state index contributed by atoms with van der Waals surface area (Å²) in [4.78, 5) is 11.2. The van der Waals surface area contributed by atoms with Gasteiger partial charge >= 0.3 is 0 Å². The maximum absolute atomic E-state index is 5.34. The van der Waals surface area contributed by atoms with Crippen LogP contribution in [0.1, 0.15) is 5.56 Å². The minimum Gasteiger partial charge on any atom is -0.497 e. The van der Waals surface area contributed by atoms with Gasteiger partial charge in [0.1, 0.15) is 17.3 Å². The average Bonchev–Trinajstić information content (AvgIpc) is 2.74. The first-order valence-electron chi connectivity index (χ1n) is 9.16. The number of benzene rings is 2. The van der Waals surface area contributed by atoms with Crippen LogP contribution >= 0.6 is 12.4 Å². The Morgan fingerprint density at radius 3 is 2.28 bits per heavy atom. The SMILES string of the molecule is COc1ccc(CCNc2cc(-c3cccc(OC)c3)nc(N(C)C)n2)cc1.Cl. The van der Waals surface area contributed by atoms with E-state index in [9.17, 15) is 0 Å². The average molecular weight is 415 g/mol. The molecule has 0 atom stereocenters. The number of anilines is 2.